The molecule has 1 N–H and O–H groups in total. The van der Waals surface area contributed by atoms with Gasteiger partial charge in [-0.15, -0.1) is 0 Å². The molecule has 1 saturated heterocycles. The first kappa shape index (κ1) is 21.8. The molecule has 174 valence electrons. The van der Waals surface area contributed by atoms with Gasteiger partial charge < -0.3 is 14.6 Å². The van der Waals surface area contributed by atoms with Crippen LogP contribution in [0.25, 0.3) is 22.5 Å². The Morgan fingerprint density at radius 1 is 1.12 bits per heavy atom. The van der Waals surface area contributed by atoms with Crippen LogP contribution in [0.15, 0.2) is 59.3 Å². The molecule has 3 heterocycles. The van der Waals surface area contributed by atoms with Gasteiger partial charge >= 0.3 is 0 Å². The third kappa shape index (κ3) is 3.82. The molecule has 5 rings (SSSR count). The number of anilines is 1. The summed E-state index contributed by atoms with van der Waals surface area (Å²) in [6.07, 6.45) is 2.02. The van der Waals surface area contributed by atoms with Gasteiger partial charge in [-0.1, -0.05) is 12.1 Å². The molecule has 1 unspecified atom stereocenters. The van der Waals surface area contributed by atoms with Crippen LogP contribution in [-0.4, -0.2) is 50.8 Å². The predicted molar refractivity (Wildman–Crippen MR) is 114 cm³/mol. The number of benzene rings is 2. The monoisotopic (exact) mass is 471 g/mol. The van der Waals surface area contributed by atoms with Crippen molar-refractivity contribution in [3.63, 3.8) is 0 Å². The van der Waals surface area contributed by atoms with Gasteiger partial charge in [-0.2, -0.15) is 4.98 Å². The van der Waals surface area contributed by atoms with Crippen LogP contribution in [-0.2, 0) is 0 Å². The van der Waals surface area contributed by atoms with Crippen LogP contribution in [0.5, 0.6) is 0 Å². The molecule has 0 bridgehead atoms. The maximum atomic E-state index is 14.8. The summed E-state index contributed by atoms with van der Waals surface area (Å²) in [7, 11) is 0. The van der Waals surface area contributed by atoms with E-state index in [9.17, 15) is 22.4 Å². The van der Waals surface area contributed by atoms with Crippen molar-refractivity contribution >= 4 is 23.0 Å². The van der Waals surface area contributed by atoms with Crippen molar-refractivity contribution in [2.24, 2.45) is 0 Å². The molecular weight excluding hydrogens is 454 g/mol. The van der Waals surface area contributed by atoms with E-state index in [-0.39, 0.29) is 30.5 Å². The van der Waals surface area contributed by atoms with Crippen LogP contribution in [0.4, 0.5) is 23.6 Å². The Bertz CT molecular complexity index is 1330. The van der Waals surface area contributed by atoms with Crippen molar-refractivity contribution in [3.05, 3.63) is 72.1 Å². The van der Waals surface area contributed by atoms with E-state index in [0.717, 1.165) is 17.0 Å². The van der Waals surface area contributed by atoms with Crippen molar-refractivity contribution in [2.75, 3.05) is 18.4 Å². The van der Waals surface area contributed by atoms with Crippen molar-refractivity contribution in [1.82, 2.24) is 19.9 Å². The molecule has 2 aromatic carbocycles. The Labute approximate surface area is 190 Å². The van der Waals surface area contributed by atoms with Gasteiger partial charge in [0.2, 0.25) is 0 Å². The van der Waals surface area contributed by atoms with E-state index in [0.29, 0.717) is 11.1 Å². The topological polar surface area (TPSA) is 84.2 Å². The fraction of sp³-hybridized carbons (Fsp3) is 0.217. The second-order valence-electron chi connectivity index (χ2n) is 7.75. The third-order valence-corrected chi connectivity index (χ3v) is 5.67. The maximum absolute atomic E-state index is 14.8. The van der Waals surface area contributed by atoms with Gasteiger partial charge in [-0.05, 0) is 30.3 Å². The Kier molecular flexibility index (Phi) is 5.39. The molecule has 7 nitrogen and oxygen atoms in total. The molecule has 2 aromatic heterocycles. The minimum Gasteiger partial charge on any atom is -0.424 e. The number of carbonyl (C=O) groups excluding carboxylic acids is 1. The maximum Gasteiger partial charge on any atom is 0.295 e. The summed E-state index contributed by atoms with van der Waals surface area (Å²) in [5.41, 5.74) is 0.233. The summed E-state index contributed by atoms with van der Waals surface area (Å²) in [6, 6.07) is 8.65. The number of hydrogen-bond donors (Lipinski definition) is 1. The van der Waals surface area contributed by atoms with Crippen molar-refractivity contribution in [1.29, 1.82) is 0 Å². The molecule has 11 heteroatoms. The van der Waals surface area contributed by atoms with Crippen molar-refractivity contribution in [3.8, 4) is 11.4 Å². The highest BCUT2D eigenvalue weighted by atomic mass is 19.3. The average Bonchev–Trinajstić information content (AvgIpc) is 3.38. The number of rotatable bonds is 5. The van der Waals surface area contributed by atoms with Gasteiger partial charge in [0.25, 0.3) is 17.8 Å². The van der Waals surface area contributed by atoms with E-state index >= 15 is 0 Å². The lowest BCUT2D eigenvalue weighted by molar-refractivity contribution is -0.0249. The zero-order chi connectivity index (χ0) is 23.9. The summed E-state index contributed by atoms with van der Waals surface area (Å²) in [6.45, 7) is -0.647. The summed E-state index contributed by atoms with van der Waals surface area (Å²) < 4.78 is 63.7. The highest BCUT2D eigenvalue weighted by Gasteiger charge is 2.51. The molecule has 0 aliphatic carbocycles. The lowest BCUT2D eigenvalue weighted by atomic mass is 10.0. The van der Waals surface area contributed by atoms with Crippen LogP contribution in [0.3, 0.4) is 0 Å². The number of carbonyl (C=O) groups is 1. The number of amides is 1. The van der Waals surface area contributed by atoms with E-state index in [1.807, 2.05) is 0 Å². The molecule has 0 radical (unpaired) electrons. The van der Waals surface area contributed by atoms with E-state index in [1.54, 1.807) is 24.3 Å². The molecule has 0 saturated carbocycles. The van der Waals surface area contributed by atoms with E-state index < -0.39 is 41.5 Å². The van der Waals surface area contributed by atoms with Crippen LogP contribution in [0, 0.1) is 11.6 Å². The molecule has 1 aliphatic heterocycles. The third-order valence-electron chi connectivity index (χ3n) is 5.67. The summed E-state index contributed by atoms with van der Waals surface area (Å²) in [4.78, 5) is 26.3. The quantitative estimate of drug-likeness (QED) is 0.431. The molecule has 1 fully saturated rings. The Morgan fingerprint density at radius 2 is 1.88 bits per heavy atom. The lowest BCUT2D eigenvalue weighted by Gasteiger charge is -2.28. The van der Waals surface area contributed by atoms with Crippen LogP contribution in [0.2, 0.25) is 0 Å². The number of oxazole rings is 1. The van der Waals surface area contributed by atoms with Gasteiger partial charge in [0.1, 0.15) is 11.6 Å². The number of hydrogen-bond acceptors (Lipinski definition) is 6. The second-order valence-corrected chi connectivity index (χ2v) is 7.75. The minimum absolute atomic E-state index is 0.0301. The first-order chi connectivity index (χ1) is 16.3. The largest absolute Gasteiger partial charge is 0.424 e. The van der Waals surface area contributed by atoms with Crippen LogP contribution < -0.4 is 5.32 Å². The molecule has 4 aromatic rings. The van der Waals surface area contributed by atoms with Crippen molar-refractivity contribution in [2.45, 2.75) is 18.4 Å². The smallest absolute Gasteiger partial charge is 0.295 e. The standard InChI is InChI=1S/C23H17F4N5O2/c24-14-7-6-13(18(19(14)25)20-28-9-3-10-29-20)21(33)32-11-8-23(26,27)17(32)12-30-22-31-15-4-1-2-5-16(15)34-22/h1-7,9-10,17H,8,11-12H2,(H,30,31). The van der Waals surface area contributed by atoms with Gasteiger partial charge in [-0.3, -0.25) is 4.79 Å². The molecule has 1 amide bonds. The highest BCUT2D eigenvalue weighted by molar-refractivity contribution is 6.00. The molecule has 1 aliphatic rings. The van der Waals surface area contributed by atoms with Gasteiger partial charge in [0, 0.05) is 31.9 Å². The van der Waals surface area contributed by atoms with Crippen LogP contribution >= 0.6 is 0 Å². The number of halogens is 4. The average molecular weight is 471 g/mol. The van der Waals surface area contributed by atoms with Gasteiger partial charge in [0.15, 0.2) is 23.0 Å². The first-order valence-corrected chi connectivity index (χ1v) is 10.4. The van der Waals surface area contributed by atoms with Gasteiger partial charge in [0.05, 0.1) is 11.1 Å². The summed E-state index contributed by atoms with van der Waals surface area (Å²) >= 11 is 0. The number of nitrogens with one attached hydrogen (secondary N) is 1. The zero-order valence-electron chi connectivity index (χ0n) is 17.5. The minimum atomic E-state index is -3.23. The van der Waals surface area contributed by atoms with E-state index in [2.05, 4.69) is 20.3 Å². The Balaban J connectivity index is 1.45. The number of likely N-dealkylation sites (tertiary alicyclic amines) is 1. The molecule has 0 spiro atoms. The molecule has 34 heavy (non-hydrogen) atoms. The van der Waals surface area contributed by atoms with Crippen LogP contribution in [0.1, 0.15) is 16.8 Å². The fourth-order valence-electron chi connectivity index (χ4n) is 3.98. The second kappa shape index (κ2) is 8.40. The van der Waals surface area contributed by atoms with E-state index in [4.69, 9.17) is 4.42 Å². The normalized spacial score (nSPS) is 17.3. The SMILES string of the molecule is O=C(c1ccc(F)c(F)c1-c1ncccn1)N1CCC(F)(F)C1CNc1nc2ccccc2o1. The fourth-order valence-corrected chi connectivity index (χ4v) is 3.98. The predicted octanol–water partition coefficient (Wildman–Crippen LogP) is 4.52. The summed E-state index contributed by atoms with van der Waals surface area (Å²) in [5, 5.41) is 2.72. The first-order valence-electron chi connectivity index (χ1n) is 10.4. The molecular formula is C23H17F4N5O2. The number of fused-ring (bicyclic) bond motifs is 1. The Hall–Kier alpha value is -4.02. The zero-order valence-corrected chi connectivity index (χ0v) is 17.5. The van der Waals surface area contributed by atoms with Gasteiger partial charge in [-0.25, -0.2) is 27.5 Å². The number of aromatic nitrogens is 3. The Morgan fingerprint density at radius 3 is 2.65 bits per heavy atom. The summed E-state index contributed by atoms with van der Waals surface area (Å²) in [5.74, 6) is -6.88. The number of alkyl halides is 2. The lowest BCUT2D eigenvalue weighted by Crippen LogP contribution is -2.47. The molecule has 1 atom stereocenters. The highest BCUT2D eigenvalue weighted by Crippen LogP contribution is 2.37. The van der Waals surface area contributed by atoms with Crippen molar-refractivity contribution < 1.29 is 26.8 Å². The number of nitrogens with zero attached hydrogens (tertiary/aromatic N) is 4. The van der Waals surface area contributed by atoms with E-state index in [1.165, 1.54) is 18.5 Å². The number of para-hydroxylation sites is 2.